The molecule has 146 valence electrons. The van der Waals surface area contributed by atoms with Crippen molar-refractivity contribution in [3.8, 4) is 11.1 Å². The van der Waals surface area contributed by atoms with Crippen LogP contribution in [0.5, 0.6) is 0 Å². The summed E-state index contributed by atoms with van der Waals surface area (Å²) in [7, 11) is 3.71. The fourth-order valence-corrected chi connectivity index (χ4v) is 2.97. The predicted molar refractivity (Wildman–Crippen MR) is 110 cm³/mol. The zero-order valence-corrected chi connectivity index (χ0v) is 16.2. The van der Waals surface area contributed by atoms with Crippen LogP contribution in [0.25, 0.3) is 11.1 Å². The van der Waals surface area contributed by atoms with Crippen molar-refractivity contribution in [3.63, 3.8) is 0 Å². The Hall–Kier alpha value is -3.26. The van der Waals surface area contributed by atoms with Gasteiger partial charge < -0.3 is 15.5 Å². The van der Waals surface area contributed by atoms with Gasteiger partial charge in [0.05, 0.1) is 18.8 Å². The third-order valence-corrected chi connectivity index (χ3v) is 4.20. The molecule has 28 heavy (non-hydrogen) atoms. The van der Waals surface area contributed by atoms with Crippen LogP contribution in [0.1, 0.15) is 22.8 Å². The second-order valence-corrected chi connectivity index (χ2v) is 6.73. The maximum Gasteiger partial charge on any atom is 0.321 e. The smallest absolute Gasteiger partial charge is 0.321 e. The van der Waals surface area contributed by atoms with Gasteiger partial charge in [-0.2, -0.15) is 0 Å². The number of hydrogen-bond donors (Lipinski definition) is 3. The Morgan fingerprint density at radius 2 is 2.07 bits per heavy atom. The van der Waals surface area contributed by atoms with Crippen molar-refractivity contribution < 1.29 is 9.59 Å². The monoisotopic (exact) mass is 380 g/mol. The molecule has 0 spiro atoms. The molecule has 0 bridgehead atoms. The first-order chi connectivity index (χ1) is 13.5. The van der Waals surface area contributed by atoms with Gasteiger partial charge in [-0.3, -0.25) is 15.1 Å². The van der Waals surface area contributed by atoms with E-state index in [1.54, 1.807) is 12.4 Å². The molecule has 0 fully saturated rings. The number of guanidine groups is 1. The molecule has 2 amide bonds. The lowest BCUT2D eigenvalue weighted by molar-refractivity contribution is 0.0958. The van der Waals surface area contributed by atoms with Crippen LogP contribution in [0.3, 0.4) is 0 Å². The normalized spacial score (nSPS) is 12.6. The summed E-state index contributed by atoms with van der Waals surface area (Å²) in [5, 5.41) is 8.44. The fraction of sp³-hybridized carbons (Fsp3) is 0.300. The third kappa shape index (κ3) is 4.52. The van der Waals surface area contributed by atoms with Crippen LogP contribution in [0.4, 0.5) is 10.5 Å². The van der Waals surface area contributed by atoms with Crippen molar-refractivity contribution in [2.45, 2.75) is 13.5 Å². The minimum Gasteiger partial charge on any atom is -0.338 e. The number of hydrogen-bond acceptors (Lipinski definition) is 6. The summed E-state index contributed by atoms with van der Waals surface area (Å²) in [5.41, 5.74) is 3.98. The van der Waals surface area contributed by atoms with Crippen molar-refractivity contribution in [1.82, 2.24) is 20.5 Å². The van der Waals surface area contributed by atoms with E-state index in [1.165, 1.54) is 0 Å². The molecule has 0 saturated heterocycles. The van der Waals surface area contributed by atoms with Gasteiger partial charge >= 0.3 is 6.03 Å². The van der Waals surface area contributed by atoms with Crippen molar-refractivity contribution >= 4 is 23.5 Å². The number of aliphatic imine (C=N–C) groups is 1. The molecule has 2 heterocycles. The minimum atomic E-state index is -0.342. The molecule has 0 unspecified atom stereocenters. The number of benzene rings is 1. The molecule has 1 aromatic carbocycles. The average molecular weight is 380 g/mol. The Kier molecular flexibility index (Phi) is 6.00. The number of rotatable bonds is 5. The number of aromatic nitrogens is 1. The standard InChI is InChI=1S/C20H24N6O2/c1-4-22-20(28)25-19-23-11-15-8-14(13-6-5-7-21-10-13)9-16(18(15)24-19)17(27)12-26(2)3/h5-10H,4,11-12H2,1-3H3,(H3,22,23,24,25,28). The van der Waals surface area contributed by atoms with Gasteiger partial charge in [0.2, 0.25) is 5.96 Å². The first kappa shape index (κ1) is 19.5. The lowest BCUT2D eigenvalue weighted by Gasteiger charge is -2.23. The van der Waals surface area contributed by atoms with Gasteiger partial charge in [-0.15, -0.1) is 0 Å². The van der Waals surface area contributed by atoms with Gasteiger partial charge in [0.25, 0.3) is 0 Å². The molecule has 1 aromatic heterocycles. The summed E-state index contributed by atoms with van der Waals surface area (Å²) in [4.78, 5) is 35.1. The highest BCUT2D eigenvalue weighted by molar-refractivity contribution is 6.11. The molecule has 8 nitrogen and oxygen atoms in total. The number of Topliss-reactive ketones (excluding diaryl/α,β-unsaturated/α-hetero) is 1. The van der Waals surface area contributed by atoms with Gasteiger partial charge in [-0.25, -0.2) is 9.79 Å². The lowest BCUT2D eigenvalue weighted by atomic mass is 9.95. The predicted octanol–water partition coefficient (Wildman–Crippen LogP) is 2.09. The molecule has 2 aromatic rings. The zero-order valence-electron chi connectivity index (χ0n) is 16.2. The van der Waals surface area contributed by atoms with E-state index in [0.717, 1.165) is 16.7 Å². The van der Waals surface area contributed by atoms with Gasteiger partial charge in [0.1, 0.15) is 0 Å². The van der Waals surface area contributed by atoms with E-state index in [2.05, 4.69) is 25.9 Å². The lowest BCUT2D eigenvalue weighted by Crippen LogP contribution is -2.43. The van der Waals surface area contributed by atoms with Crippen LogP contribution in [0.15, 0.2) is 41.7 Å². The maximum absolute atomic E-state index is 12.9. The second kappa shape index (κ2) is 8.62. The molecule has 0 radical (unpaired) electrons. The van der Waals surface area contributed by atoms with Crippen LogP contribution in [0.2, 0.25) is 0 Å². The summed E-state index contributed by atoms with van der Waals surface area (Å²) in [6, 6.07) is 7.34. The first-order valence-electron chi connectivity index (χ1n) is 9.09. The highest BCUT2D eigenvalue weighted by atomic mass is 16.2. The number of nitrogens with zero attached hydrogens (tertiary/aromatic N) is 3. The summed E-state index contributed by atoms with van der Waals surface area (Å²) < 4.78 is 0. The molecule has 0 saturated carbocycles. The number of nitrogens with one attached hydrogen (secondary N) is 3. The van der Waals surface area contributed by atoms with Gasteiger partial charge in [0, 0.05) is 30.1 Å². The van der Waals surface area contributed by atoms with E-state index in [-0.39, 0.29) is 18.4 Å². The number of carbonyl (C=O) groups is 2. The second-order valence-electron chi connectivity index (χ2n) is 6.73. The molecule has 0 atom stereocenters. The number of pyridine rings is 1. The van der Waals surface area contributed by atoms with Crippen LogP contribution in [0, 0.1) is 0 Å². The fourth-order valence-electron chi connectivity index (χ4n) is 2.97. The number of fused-ring (bicyclic) bond motifs is 1. The number of likely N-dealkylation sites (N-methyl/N-ethyl adjacent to an activating group) is 1. The third-order valence-electron chi connectivity index (χ3n) is 4.20. The molecular formula is C20H24N6O2. The van der Waals surface area contributed by atoms with E-state index in [0.29, 0.717) is 30.3 Å². The minimum absolute atomic E-state index is 0.0150. The summed E-state index contributed by atoms with van der Waals surface area (Å²) in [5.74, 6) is 0.310. The zero-order chi connectivity index (χ0) is 20.1. The Morgan fingerprint density at radius 1 is 1.25 bits per heavy atom. The van der Waals surface area contributed by atoms with Crippen molar-refractivity contribution in [1.29, 1.82) is 0 Å². The molecule has 0 aliphatic carbocycles. The summed E-state index contributed by atoms with van der Waals surface area (Å²) in [6.45, 7) is 2.99. The summed E-state index contributed by atoms with van der Waals surface area (Å²) >= 11 is 0. The van der Waals surface area contributed by atoms with Gasteiger partial charge in [-0.1, -0.05) is 6.07 Å². The number of anilines is 1. The van der Waals surface area contributed by atoms with Crippen molar-refractivity contribution in [2.75, 3.05) is 32.5 Å². The summed E-state index contributed by atoms with van der Waals surface area (Å²) in [6.07, 6.45) is 3.48. The molecule has 8 heteroatoms. The molecule has 1 aliphatic rings. The van der Waals surface area contributed by atoms with E-state index in [1.807, 2.05) is 50.2 Å². The Morgan fingerprint density at radius 3 is 2.75 bits per heavy atom. The number of carbonyl (C=O) groups excluding carboxylic acids is 2. The highest BCUT2D eigenvalue weighted by Crippen LogP contribution is 2.32. The SMILES string of the molecule is CCNC(=O)NC1=NCc2cc(-c3cccnc3)cc(C(=O)CN(C)C)c2N1. The maximum atomic E-state index is 12.9. The van der Waals surface area contributed by atoms with Crippen LogP contribution in [-0.2, 0) is 6.54 Å². The molecular weight excluding hydrogens is 356 g/mol. The van der Waals surface area contributed by atoms with E-state index < -0.39 is 0 Å². The Bertz CT molecular complexity index is 908. The van der Waals surface area contributed by atoms with E-state index in [4.69, 9.17) is 0 Å². The van der Waals surface area contributed by atoms with Crippen LogP contribution >= 0.6 is 0 Å². The number of urea groups is 1. The van der Waals surface area contributed by atoms with Gasteiger partial charge in [-0.05, 0) is 50.3 Å². The largest absolute Gasteiger partial charge is 0.338 e. The van der Waals surface area contributed by atoms with Crippen molar-refractivity contribution in [2.24, 2.45) is 4.99 Å². The van der Waals surface area contributed by atoms with Gasteiger partial charge in [0.15, 0.2) is 5.78 Å². The highest BCUT2D eigenvalue weighted by Gasteiger charge is 2.22. The first-order valence-corrected chi connectivity index (χ1v) is 9.09. The topological polar surface area (TPSA) is 98.7 Å². The molecule has 3 rings (SSSR count). The van der Waals surface area contributed by atoms with E-state index in [9.17, 15) is 9.59 Å². The Labute approximate surface area is 164 Å². The average Bonchev–Trinajstić information content (AvgIpc) is 2.67. The quantitative estimate of drug-likeness (QED) is 0.690. The molecule has 3 N–H and O–H groups in total. The Balaban J connectivity index is 1.98. The number of ketones is 1. The van der Waals surface area contributed by atoms with E-state index >= 15 is 0 Å². The number of amides is 2. The van der Waals surface area contributed by atoms with Crippen LogP contribution in [-0.4, -0.2) is 54.8 Å². The van der Waals surface area contributed by atoms with Crippen LogP contribution < -0.4 is 16.0 Å². The van der Waals surface area contributed by atoms with Crippen molar-refractivity contribution in [3.05, 3.63) is 47.8 Å². The molecule has 1 aliphatic heterocycles.